The second kappa shape index (κ2) is 8.97. The van der Waals surface area contributed by atoms with Gasteiger partial charge in [0.05, 0.1) is 11.5 Å². The fourth-order valence-electron chi connectivity index (χ4n) is 3.43. The van der Waals surface area contributed by atoms with Crippen LogP contribution >= 0.6 is 0 Å². The quantitative estimate of drug-likeness (QED) is 0.778. The smallest absolute Gasteiger partial charge is 0.243 e. The molecule has 7 heteroatoms. The van der Waals surface area contributed by atoms with Crippen LogP contribution in [0.1, 0.15) is 30.9 Å². The summed E-state index contributed by atoms with van der Waals surface area (Å²) in [5.74, 6) is 0.487. The van der Waals surface area contributed by atoms with E-state index in [9.17, 15) is 13.2 Å². The van der Waals surface area contributed by atoms with Crippen molar-refractivity contribution in [2.24, 2.45) is 5.92 Å². The molecule has 3 rings (SSSR count). The summed E-state index contributed by atoms with van der Waals surface area (Å²) in [6.45, 7) is 7.07. The molecular weight excluding hydrogens is 388 g/mol. The standard InChI is InChI=1S/C22H28N2O4S/c1-4-28-20-8-6-19(7-9-20)23-22(25)18-11-13-24(14-12-18)29(26,27)21-10-5-16(2)17(3)15-21/h5-10,15,18H,4,11-14H2,1-3H3,(H,23,25). The van der Waals surface area contributed by atoms with E-state index in [-0.39, 0.29) is 11.8 Å². The van der Waals surface area contributed by atoms with Crippen LogP contribution in [0.25, 0.3) is 0 Å². The van der Waals surface area contributed by atoms with Crippen LogP contribution in [-0.2, 0) is 14.8 Å². The molecule has 2 aromatic carbocycles. The number of ether oxygens (including phenoxy) is 1. The Labute approximate surface area is 172 Å². The van der Waals surface area contributed by atoms with Crippen molar-refractivity contribution in [2.45, 2.75) is 38.5 Å². The van der Waals surface area contributed by atoms with Gasteiger partial charge in [-0.05, 0) is 81.1 Å². The van der Waals surface area contributed by atoms with E-state index in [1.54, 1.807) is 12.1 Å². The van der Waals surface area contributed by atoms with Crippen molar-refractivity contribution in [3.05, 3.63) is 53.6 Å². The van der Waals surface area contributed by atoms with Crippen LogP contribution < -0.4 is 10.1 Å². The summed E-state index contributed by atoms with van der Waals surface area (Å²) >= 11 is 0. The Morgan fingerprint density at radius 3 is 2.31 bits per heavy atom. The molecular formula is C22H28N2O4S. The Morgan fingerprint density at radius 1 is 1.07 bits per heavy atom. The molecule has 0 bridgehead atoms. The monoisotopic (exact) mass is 416 g/mol. The second-order valence-electron chi connectivity index (χ2n) is 7.37. The fraction of sp³-hybridized carbons (Fsp3) is 0.409. The van der Waals surface area contributed by atoms with Gasteiger partial charge >= 0.3 is 0 Å². The summed E-state index contributed by atoms with van der Waals surface area (Å²) in [4.78, 5) is 12.9. The lowest BCUT2D eigenvalue weighted by Crippen LogP contribution is -2.41. The van der Waals surface area contributed by atoms with E-state index in [4.69, 9.17) is 4.74 Å². The summed E-state index contributed by atoms with van der Waals surface area (Å²) in [5.41, 5.74) is 2.73. The number of sulfonamides is 1. The SMILES string of the molecule is CCOc1ccc(NC(=O)C2CCN(S(=O)(=O)c3ccc(C)c(C)c3)CC2)cc1. The highest BCUT2D eigenvalue weighted by Gasteiger charge is 2.32. The minimum atomic E-state index is -3.53. The number of anilines is 1. The van der Waals surface area contributed by atoms with Gasteiger partial charge in [0.25, 0.3) is 0 Å². The maximum atomic E-state index is 12.9. The zero-order chi connectivity index (χ0) is 21.0. The molecule has 0 aliphatic carbocycles. The van der Waals surface area contributed by atoms with E-state index >= 15 is 0 Å². The van der Waals surface area contributed by atoms with Gasteiger partial charge < -0.3 is 10.1 Å². The highest BCUT2D eigenvalue weighted by atomic mass is 32.2. The van der Waals surface area contributed by atoms with Gasteiger partial charge in [-0.3, -0.25) is 4.79 Å². The van der Waals surface area contributed by atoms with Crippen LogP contribution in [0, 0.1) is 19.8 Å². The Hall–Kier alpha value is -2.38. The maximum absolute atomic E-state index is 12.9. The van der Waals surface area contributed by atoms with Crippen molar-refractivity contribution in [3.63, 3.8) is 0 Å². The van der Waals surface area contributed by atoms with E-state index in [2.05, 4.69) is 5.32 Å². The third kappa shape index (κ3) is 4.97. The molecule has 0 atom stereocenters. The first-order chi connectivity index (χ1) is 13.8. The lowest BCUT2D eigenvalue weighted by Gasteiger charge is -2.30. The molecule has 0 radical (unpaired) electrons. The molecule has 1 amide bonds. The van der Waals surface area contributed by atoms with Gasteiger partial charge in [0, 0.05) is 24.7 Å². The van der Waals surface area contributed by atoms with Crippen LogP contribution in [-0.4, -0.2) is 38.3 Å². The van der Waals surface area contributed by atoms with Crippen molar-refractivity contribution in [1.82, 2.24) is 4.31 Å². The summed E-state index contributed by atoms with van der Waals surface area (Å²) in [7, 11) is -3.53. The van der Waals surface area contributed by atoms with Crippen molar-refractivity contribution in [3.8, 4) is 5.75 Å². The summed E-state index contributed by atoms with van der Waals surface area (Å²) in [6, 6.07) is 12.5. The predicted octanol–water partition coefficient (Wildman–Crippen LogP) is 3.74. The normalized spacial score (nSPS) is 15.8. The van der Waals surface area contributed by atoms with E-state index < -0.39 is 10.0 Å². The molecule has 1 saturated heterocycles. The van der Waals surface area contributed by atoms with Crippen molar-refractivity contribution in [2.75, 3.05) is 25.0 Å². The van der Waals surface area contributed by atoms with E-state index in [1.807, 2.05) is 51.1 Å². The largest absolute Gasteiger partial charge is 0.494 e. The van der Waals surface area contributed by atoms with Crippen LogP contribution in [0.4, 0.5) is 5.69 Å². The van der Waals surface area contributed by atoms with Gasteiger partial charge in [-0.1, -0.05) is 6.07 Å². The van der Waals surface area contributed by atoms with Crippen molar-refractivity contribution >= 4 is 21.6 Å². The minimum Gasteiger partial charge on any atom is -0.494 e. The molecule has 1 aliphatic rings. The number of hydrogen-bond acceptors (Lipinski definition) is 4. The number of amides is 1. The van der Waals surface area contributed by atoms with E-state index in [1.165, 1.54) is 4.31 Å². The third-order valence-corrected chi connectivity index (χ3v) is 7.27. The molecule has 29 heavy (non-hydrogen) atoms. The van der Waals surface area contributed by atoms with Crippen LogP contribution in [0.5, 0.6) is 5.75 Å². The molecule has 0 aromatic heterocycles. The van der Waals surface area contributed by atoms with E-state index in [0.717, 1.165) is 16.9 Å². The highest BCUT2D eigenvalue weighted by molar-refractivity contribution is 7.89. The molecule has 0 spiro atoms. The van der Waals surface area contributed by atoms with Gasteiger partial charge in [-0.2, -0.15) is 4.31 Å². The van der Waals surface area contributed by atoms with Gasteiger partial charge in [0.15, 0.2) is 0 Å². The van der Waals surface area contributed by atoms with E-state index in [0.29, 0.717) is 43.1 Å². The molecule has 1 fully saturated rings. The number of carbonyl (C=O) groups is 1. The van der Waals surface area contributed by atoms with Crippen molar-refractivity contribution < 1.29 is 17.9 Å². The van der Waals surface area contributed by atoms with Crippen LogP contribution in [0.3, 0.4) is 0 Å². The number of piperidine rings is 1. The molecule has 6 nitrogen and oxygen atoms in total. The molecule has 2 aromatic rings. The number of hydrogen-bond donors (Lipinski definition) is 1. The summed E-state index contributed by atoms with van der Waals surface area (Å²) in [6.07, 6.45) is 1.01. The molecule has 156 valence electrons. The maximum Gasteiger partial charge on any atom is 0.243 e. The summed E-state index contributed by atoms with van der Waals surface area (Å²) in [5, 5.41) is 2.92. The van der Waals surface area contributed by atoms with Gasteiger partial charge in [0.1, 0.15) is 5.75 Å². The Balaban J connectivity index is 1.59. The number of carbonyl (C=O) groups excluding carboxylic acids is 1. The summed E-state index contributed by atoms with van der Waals surface area (Å²) < 4.78 is 32.7. The minimum absolute atomic E-state index is 0.0719. The number of nitrogens with zero attached hydrogens (tertiary/aromatic N) is 1. The average molecular weight is 417 g/mol. The predicted molar refractivity (Wildman–Crippen MR) is 114 cm³/mol. The molecule has 1 N–H and O–H groups in total. The van der Waals surface area contributed by atoms with Gasteiger partial charge in [0.2, 0.25) is 15.9 Å². The number of benzene rings is 2. The lowest BCUT2D eigenvalue weighted by atomic mass is 9.97. The Kier molecular flexibility index (Phi) is 6.59. The first kappa shape index (κ1) is 21.3. The fourth-order valence-corrected chi connectivity index (χ4v) is 4.98. The topological polar surface area (TPSA) is 75.7 Å². The number of aryl methyl sites for hydroxylation is 2. The first-order valence-corrected chi connectivity index (χ1v) is 11.4. The van der Waals surface area contributed by atoms with Gasteiger partial charge in [-0.15, -0.1) is 0 Å². The zero-order valence-corrected chi connectivity index (χ0v) is 18.0. The number of rotatable bonds is 6. The first-order valence-electron chi connectivity index (χ1n) is 9.92. The van der Waals surface area contributed by atoms with Crippen molar-refractivity contribution in [1.29, 1.82) is 0 Å². The van der Waals surface area contributed by atoms with Gasteiger partial charge in [-0.25, -0.2) is 8.42 Å². The zero-order valence-electron chi connectivity index (χ0n) is 17.1. The van der Waals surface area contributed by atoms with Crippen LogP contribution in [0.2, 0.25) is 0 Å². The van der Waals surface area contributed by atoms with Crippen LogP contribution in [0.15, 0.2) is 47.4 Å². The molecule has 0 saturated carbocycles. The third-order valence-electron chi connectivity index (χ3n) is 5.37. The lowest BCUT2D eigenvalue weighted by molar-refractivity contribution is -0.120. The number of nitrogens with one attached hydrogen (secondary N) is 1. The average Bonchev–Trinajstić information content (AvgIpc) is 2.71. The highest BCUT2D eigenvalue weighted by Crippen LogP contribution is 2.26. The molecule has 1 aliphatic heterocycles. The molecule has 1 heterocycles. The second-order valence-corrected chi connectivity index (χ2v) is 9.31. The molecule has 0 unspecified atom stereocenters. The Bertz CT molecular complexity index is 963. The Morgan fingerprint density at radius 2 is 1.72 bits per heavy atom.